The molecule has 4 heterocycles. The van der Waals surface area contributed by atoms with Crippen molar-refractivity contribution in [2.24, 2.45) is 0 Å². The van der Waals surface area contributed by atoms with Gasteiger partial charge in [-0.2, -0.15) is 0 Å². The van der Waals surface area contributed by atoms with Crippen LogP contribution in [0.15, 0.2) is 41.1 Å². The van der Waals surface area contributed by atoms with Crippen molar-refractivity contribution >= 4 is 17.4 Å². The number of piperidine rings is 1. The summed E-state index contributed by atoms with van der Waals surface area (Å²) in [6, 6.07) is 8.01. The fraction of sp³-hybridized carbons (Fsp3) is 0.458. The van der Waals surface area contributed by atoms with Gasteiger partial charge in [-0.1, -0.05) is 19.9 Å². The number of aromatic nitrogens is 4. The van der Waals surface area contributed by atoms with E-state index in [9.17, 15) is 4.79 Å². The van der Waals surface area contributed by atoms with E-state index in [0.717, 1.165) is 42.1 Å². The molecular weight excluding hydrogens is 404 g/mol. The molecule has 1 aliphatic heterocycles. The Morgan fingerprint density at radius 3 is 2.84 bits per heavy atom. The molecule has 0 bridgehead atoms. The first kappa shape index (κ1) is 21.9. The maximum atomic E-state index is 12.8. The fourth-order valence-corrected chi connectivity index (χ4v) is 3.89. The van der Waals surface area contributed by atoms with Gasteiger partial charge in [-0.25, -0.2) is 4.98 Å². The van der Waals surface area contributed by atoms with E-state index in [0.29, 0.717) is 31.2 Å². The predicted molar refractivity (Wildman–Crippen MR) is 122 cm³/mol. The third kappa shape index (κ3) is 5.30. The highest BCUT2D eigenvalue weighted by Crippen LogP contribution is 2.27. The lowest BCUT2D eigenvalue weighted by Gasteiger charge is -2.32. The number of anilines is 2. The van der Waals surface area contributed by atoms with E-state index in [-0.39, 0.29) is 17.7 Å². The van der Waals surface area contributed by atoms with Crippen LogP contribution in [0.3, 0.4) is 0 Å². The molecule has 8 heteroatoms. The molecule has 3 aromatic heterocycles. The first-order chi connectivity index (χ1) is 15.5. The normalized spacial score (nSPS) is 16.4. The second kappa shape index (κ2) is 9.89. The maximum Gasteiger partial charge on any atom is 0.223 e. The molecule has 0 aliphatic carbocycles. The minimum atomic E-state index is 0.128. The second-order valence-electron chi connectivity index (χ2n) is 8.63. The van der Waals surface area contributed by atoms with Crippen molar-refractivity contribution in [1.82, 2.24) is 25.1 Å². The SMILES string of the molecule is Cc1cccnc1Nc1ccc([C@H]2CCCN(C(=O)CCc3nnc(C(C)C)o3)C2)nc1. The summed E-state index contributed by atoms with van der Waals surface area (Å²) in [5.74, 6) is 2.54. The van der Waals surface area contributed by atoms with Crippen LogP contribution in [0, 0.1) is 6.92 Å². The molecule has 1 saturated heterocycles. The molecule has 3 aromatic rings. The summed E-state index contributed by atoms with van der Waals surface area (Å²) in [4.78, 5) is 23.8. The van der Waals surface area contributed by atoms with E-state index in [1.807, 2.05) is 56.1 Å². The van der Waals surface area contributed by atoms with Crippen molar-refractivity contribution in [3.63, 3.8) is 0 Å². The summed E-state index contributed by atoms with van der Waals surface area (Å²) < 4.78 is 5.62. The van der Waals surface area contributed by atoms with Crippen molar-refractivity contribution in [2.45, 2.75) is 58.3 Å². The van der Waals surface area contributed by atoms with Crippen molar-refractivity contribution in [1.29, 1.82) is 0 Å². The largest absolute Gasteiger partial charge is 0.425 e. The zero-order chi connectivity index (χ0) is 22.5. The highest BCUT2D eigenvalue weighted by molar-refractivity contribution is 5.76. The number of pyridine rings is 2. The number of nitrogens with one attached hydrogen (secondary N) is 1. The van der Waals surface area contributed by atoms with Crippen LogP contribution in [0.2, 0.25) is 0 Å². The lowest BCUT2D eigenvalue weighted by Crippen LogP contribution is -2.39. The van der Waals surface area contributed by atoms with E-state index in [2.05, 4.69) is 25.5 Å². The third-order valence-electron chi connectivity index (χ3n) is 5.78. The summed E-state index contributed by atoms with van der Waals surface area (Å²) >= 11 is 0. The highest BCUT2D eigenvalue weighted by atomic mass is 16.4. The van der Waals surface area contributed by atoms with Crippen LogP contribution >= 0.6 is 0 Å². The Hall–Kier alpha value is -3.29. The number of nitrogens with zero attached hydrogens (tertiary/aromatic N) is 5. The Morgan fingerprint density at radius 2 is 2.12 bits per heavy atom. The summed E-state index contributed by atoms with van der Waals surface area (Å²) in [6.07, 6.45) is 6.48. The first-order valence-corrected chi connectivity index (χ1v) is 11.2. The second-order valence-corrected chi connectivity index (χ2v) is 8.63. The average Bonchev–Trinajstić information content (AvgIpc) is 3.29. The van der Waals surface area contributed by atoms with Gasteiger partial charge in [0, 0.05) is 49.7 Å². The standard InChI is InChI=1S/C24H30N6O2/c1-16(2)24-29-28-21(32-24)10-11-22(31)30-13-5-7-18(15-30)20-9-8-19(14-26-20)27-23-17(3)6-4-12-25-23/h4,6,8-9,12,14,16,18H,5,7,10-11,13,15H2,1-3H3,(H,25,27)/t18-/m0/s1. The predicted octanol–water partition coefficient (Wildman–Crippen LogP) is 4.37. The van der Waals surface area contributed by atoms with Crippen molar-refractivity contribution in [3.05, 3.63) is 59.7 Å². The molecule has 1 fully saturated rings. The zero-order valence-corrected chi connectivity index (χ0v) is 18.9. The van der Waals surface area contributed by atoms with E-state index in [1.165, 1.54) is 0 Å². The topological polar surface area (TPSA) is 97.0 Å². The molecular formula is C24H30N6O2. The van der Waals surface area contributed by atoms with Crippen molar-refractivity contribution in [3.8, 4) is 0 Å². The van der Waals surface area contributed by atoms with Crippen LogP contribution < -0.4 is 5.32 Å². The van der Waals surface area contributed by atoms with Gasteiger partial charge < -0.3 is 14.6 Å². The van der Waals surface area contributed by atoms with Gasteiger partial charge in [-0.3, -0.25) is 9.78 Å². The molecule has 1 N–H and O–H groups in total. The van der Waals surface area contributed by atoms with Crippen LogP contribution in [0.25, 0.3) is 0 Å². The van der Waals surface area contributed by atoms with Crippen LogP contribution in [0.5, 0.6) is 0 Å². The molecule has 0 spiro atoms. The lowest BCUT2D eigenvalue weighted by atomic mass is 9.94. The van der Waals surface area contributed by atoms with Gasteiger partial charge in [-0.15, -0.1) is 10.2 Å². The van der Waals surface area contributed by atoms with E-state index in [1.54, 1.807) is 6.20 Å². The van der Waals surface area contributed by atoms with Gasteiger partial charge in [0.15, 0.2) is 0 Å². The minimum absolute atomic E-state index is 0.128. The third-order valence-corrected chi connectivity index (χ3v) is 5.78. The molecule has 1 amide bonds. The molecule has 0 aromatic carbocycles. The van der Waals surface area contributed by atoms with Crippen molar-refractivity contribution < 1.29 is 9.21 Å². The number of carbonyl (C=O) groups is 1. The minimum Gasteiger partial charge on any atom is -0.425 e. The zero-order valence-electron chi connectivity index (χ0n) is 18.9. The number of amides is 1. The van der Waals surface area contributed by atoms with Gasteiger partial charge >= 0.3 is 0 Å². The molecule has 0 radical (unpaired) electrons. The molecule has 1 atom stereocenters. The Balaban J connectivity index is 1.32. The van der Waals surface area contributed by atoms with E-state index >= 15 is 0 Å². The summed E-state index contributed by atoms with van der Waals surface area (Å²) in [5.41, 5.74) is 3.00. The number of hydrogen-bond donors (Lipinski definition) is 1. The van der Waals surface area contributed by atoms with E-state index < -0.39 is 0 Å². The number of aryl methyl sites for hydroxylation is 2. The van der Waals surface area contributed by atoms with Crippen molar-refractivity contribution in [2.75, 3.05) is 18.4 Å². The van der Waals surface area contributed by atoms with E-state index in [4.69, 9.17) is 4.42 Å². The Labute approximate surface area is 188 Å². The maximum absolute atomic E-state index is 12.8. The number of likely N-dealkylation sites (tertiary alicyclic amines) is 1. The molecule has 1 aliphatic rings. The first-order valence-electron chi connectivity index (χ1n) is 11.2. The Kier molecular flexibility index (Phi) is 6.78. The van der Waals surface area contributed by atoms with Crippen LogP contribution in [0.4, 0.5) is 11.5 Å². The molecule has 4 rings (SSSR count). The van der Waals surface area contributed by atoms with Crippen LogP contribution in [-0.2, 0) is 11.2 Å². The highest BCUT2D eigenvalue weighted by Gasteiger charge is 2.26. The Morgan fingerprint density at radius 1 is 1.25 bits per heavy atom. The molecule has 32 heavy (non-hydrogen) atoms. The fourth-order valence-electron chi connectivity index (χ4n) is 3.89. The smallest absolute Gasteiger partial charge is 0.223 e. The summed E-state index contributed by atoms with van der Waals surface area (Å²) in [5, 5.41) is 11.4. The molecule has 0 saturated carbocycles. The van der Waals surface area contributed by atoms with Gasteiger partial charge in [0.1, 0.15) is 5.82 Å². The monoisotopic (exact) mass is 434 g/mol. The number of carbonyl (C=O) groups excluding carboxylic acids is 1. The Bertz CT molecular complexity index is 1050. The molecule has 168 valence electrons. The summed E-state index contributed by atoms with van der Waals surface area (Å²) in [6.45, 7) is 7.51. The van der Waals surface area contributed by atoms with Gasteiger partial charge in [-0.05, 0) is 43.5 Å². The lowest BCUT2D eigenvalue weighted by molar-refractivity contribution is -0.132. The van der Waals surface area contributed by atoms with Gasteiger partial charge in [0.25, 0.3) is 0 Å². The van der Waals surface area contributed by atoms with Gasteiger partial charge in [0.2, 0.25) is 17.7 Å². The van der Waals surface area contributed by atoms with Gasteiger partial charge in [0.05, 0.1) is 11.9 Å². The quantitative estimate of drug-likeness (QED) is 0.589. The molecule has 0 unspecified atom stereocenters. The van der Waals surface area contributed by atoms with Crippen LogP contribution in [0.1, 0.15) is 68.0 Å². The van der Waals surface area contributed by atoms with Crippen LogP contribution in [-0.4, -0.2) is 44.1 Å². The number of hydrogen-bond acceptors (Lipinski definition) is 7. The number of rotatable bonds is 7. The average molecular weight is 435 g/mol. The molecule has 8 nitrogen and oxygen atoms in total. The summed E-state index contributed by atoms with van der Waals surface area (Å²) in [7, 11) is 0.